The number of para-hydroxylation sites is 1. The highest BCUT2D eigenvalue weighted by Crippen LogP contribution is 2.48. The zero-order chi connectivity index (χ0) is 22.2. The molecule has 0 N–H and O–H groups in total. The van der Waals surface area contributed by atoms with Crippen molar-refractivity contribution in [1.82, 2.24) is 0 Å². The van der Waals surface area contributed by atoms with E-state index in [1.807, 2.05) is 36.4 Å². The van der Waals surface area contributed by atoms with Crippen LogP contribution >= 0.6 is 15.9 Å². The molecule has 5 nitrogen and oxygen atoms in total. The number of ketones is 1. The Morgan fingerprint density at radius 1 is 1.03 bits per heavy atom. The normalized spacial score (nSPS) is 20.0. The third-order valence-corrected chi connectivity index (χ3v) is 6.12. The fraction of sp³-hybridized carbons (Fsp3) is 0.160. The molecule has 0 aromatic heterocycles. The zero-order valence-electron chi connectivity index (χ0n) is 17.2. The van der Waals surface area contributed by atoms with Crippen molar-refractivity contribution >= 4 is 27.4 Å². The number of rotatable bonds is 4. The molecule has 0 spiro atoms. The van der Waals surface area contributed by atoms with Crippen molar-refractivity contribution in [3.8, 4) is 0 Å². The second-order valence-electron chi connectivity index (χ2n) is 8.03. The van der Waals surface area contributed by atoms with E-state index in [9.17, 15) is 14.9 Å². The average Bonchev–Trinajstić information content (AvgIpc) is 2.95. The molecule has 31 heavy (non-hydrogen) atoms. The summed E-state index contributed by atoms with van der Waals surface area (Å²) < 4.78 is 0.499. The van der Waals surface area contributed by atoms with Crippen LogP contribution in [0.2, 0.25) is 0 Å². The molecule has 156 valence electrons. The Bertz CT molecular complexity index is 1190. The number of halogens is 1. The van der Waals surface area contributed by atoms with E-state index >= 15 is 0 Å². The van der Waals surface area contributed by atoms with E-state index < -0.39 is 16.4 Å². The van der Waals surface area contributed by atoms with Crippen LogP contribution < -0.4 is 4.90 Å². The number of nitro groups is 1. The topological polar surface area (TPSA) is 63.5 Å². The Morgan fingerprint density at radius 3 is 2.42 bits per heavy atom. The molecule has 0 fully saturated rings. The largest absolute Gasteiger partial charge is 0.340 e. The summed E-state index contributed by atoms with van der Waals surface area (Å²) in [5, 5.41) is 11.2. The number of hydrogen-bond acceptors (Lipinski definition) is 4. The van der Waals surface area contributed by atoms with E-state index in [2.05, 4.69) is 58.9 Å². The third kappa shape index (κ3) is 3.91. The lowest BCUT2D eigenvalue weighted by atomic mass is 9.83. The number of fused-ring (bicyclic) bond motifs is 1. The van der Waals surface area contributed by atoms with Gasteiger partial charge < -0.3 is 4.90 Å². The SMILES string of the molecule is CC1(C)C(=CC=C2C=C(Br)C=C([N+](=O)[O-])C2=O)N(Cc2ccccc2)c2ccccc21. The maximum absolute atomic E-state index is 12.6. The van der Waals surface area contributed by atoms with Crippen molar-refractivity contribution in [1.29, 1.82) is 0 Å². The van der Waals surface area contributed by atoms with Crippen LogP contribution in [-0.2, 0) is 16.8 Å². The summed E-state index contributed by atoms with van der Waals surface area (Å²) in [6, 6.07) is 18.5. The highest BCUT2D eigenvalue weighted by atomic mass is 79.9. The van der Waals surface area contributed by atoms with Gasteiger partial charge in [0, 0.05) is 39.5 Å². The van der Waals surface area contributed by atoms with Crippen molar-refractivity contribution in [3.05, 3.63) is 122 Å². The van der Waals surface area contributed by atoms with Gasteiger partial charge >= 0.3 is 5.70 Å². The molecule has 0 saturated heterocycles. The van der Waals surface area contributed by atoms with Gasteiger partial charge in [0.05, 0.1) is 4.92 Å². The molecular formula is C25H21BrN2O3. The summed E-state index contributed by atoms with van der Waals surface area (Å²) in [7, 11) is 0. The van der Waals surface area contributed by atoms with Crippen LogP contribution in [0.1, 0.15) is 25.0 Å². The number of Topliss-reactive ketones (excluding diaryl/α,β-unsaturated/α-hetero) is 1. The predicted octanol–water partition coefficient (Wildman–Crippen LogP) is 5.82. The van der Waals surface area contributed by atoms with Crippen LogP contribution in [0.15, 0.2) is 100 Å². The van der Waals surface area contributed by atoms with Crippen LogP contribution in [0.3, 0.4) is 0 Å². The van der Waals surface area contributed by atoms with Crippen LogP contribution in [0.4, 0.5) is 5.69 Å². The smallest absolute Gasteiger partial charge is 0.318 e. The fourth-order valence-corrected chi connectivity index (χ4v) is 4.57. The summed E-state index contributed by atoms with van der Waals surface area (Å²) >= 11 is 3.28. The molecule has 1 aliphatic heterocycles. The van der Waals surface area contributed by atoms with Crippen molar-refractivity contribution < 1.29 is 9.72 Å². The molecule has 0 saturated carbocycles. The monoisotopic (exact) mass is 476 g/mol. The first-order valence-electron chi connectivity index (χ1n) is 9.90. The number of carbonyl (C=O) groups excluding carboxylic acids is 1. The van der Waals surface area contributed by atoms with Crippen LogP contribution in [0.5, 0.6) is 0 Å². The minimum Gasteiger partial charge on any atom is -0.340 e. The van der Waals surface area contributed by atoms with Crippen molar-refractivity contribution in [3.63, 3.8) is 0 Å². The molecule has 2 aromatic carbocycles. The molecule has 2 aliphatic rings. The third-order valence-electron chi connectivity index (χ3n) is 5.66. The molecule has 0 radical (unpaired) electrons. The lowest BCUT2D eigenvalue weighted by Gasteiger charge is -2.27. The van der Waals surface area contributed by atoms with Crippen molar-refractivity contribution in [2.45, 2.75) is 25.8 Å². The minimum absolute atomic E-state index is 0.278. The second kappa shape index (κ2) is 8.12. The number of benzene rings is 2. The Labute approximate surface area is 189 Å². The van der Waals surface area contributed by atoms with Gasteiger partial charge in [-0.3, -0.25) is 14.9 Å². The molecule has 0 amide bonds. The van der Waals surface area contributed by atoms with E-state index in [1.165, 1.54) is 17.2 Å². The van der Waals surface area contributed by atoms with Crippen LogP contribution in [-0.4, -0.2) is 10.7 Å². The van der Waals surface area contributed by atoms with E-state index in [-0.39, 0.29) is 11.0 Å². The first-order chi connectivity index (χ1) is 14.8. The first kappa shape index (κ1) is 21.0. The quantitative estimate of drug-likeness (QED) is 0.317. The number of anilines is 1. The van der Waals surface area contributed by atoms with E-state index in [0.717, 1.165) is 11.4 Å². The standard InChI is InChI=1S/C25H21BrN2O3/c1-25(2)20-10-6-7-11-21(20)27(16-17-8-4-3-5-9-17)23(25)13-12-18-14-19(26)15-22(24(18)29)28(30)31/h3-15H,16H2,1-2H3. The Hall–Kier alpha value is -3.25. The average molecular weight is 477 g/mol. The summed E-state index contributed by atoms with van der Waals surface area (Å²) in [6.07, 6.45) is 6.45. The van der Waals surface area contributed by atoms with E-state index in [1.54, 1.807) is 12.2 Å². The first-order valence-corrected chi connectivity index (χ1v) is 10.7. The van der Waals surface area contributed by atoms with Gasteiger partial charge in [-0.15, -0.1) is 0 Å². The summed E-state index contributed by atoms with van der Waals surface area (Å²) in [5.74, 6) is -0.590. The molecule has 1 aliphatic carbocycles. The number of nitrogens with zero attached hydrogens (tertiary/aromatic N) is 2. The lowest BCUT2D eigenvalue weighted by Crippen LogP contribution is -2.26. The number of carbonyl (C=O) groups is 1. The van der Waals surface area contributed by atoms with Gasteiger partial charge in [-0.1, -0.05) is 78.3 Å². The van der Waals surface area contributed by atoms with Crippen molar-refractivity contribution in [2.75, 3.05) is 4.90 Å². The van der Waals surface area contributed by atoms with Gasteiger partial charge in [0.15, 0.2) is 0 Å². The molecule has 0 atom stereocenters. The van der Waals surface area contributed by atoms with Gasteiger partial charge in [0.1, 0.15) is 0 Å². The maximum atomic E-state index is 12.6. The summed E-state index contributed by atoms with van der Waals surface area (Å²) in [4.78, 5) is 25.4. The lowest BCUT2D eigenvalue weighted by molar-refractivity contribution is -0.418. The number of allylic oxidation sites excluding steroid dienone is 7. The Morgan fingerprint density at radius 2 is 1.71 bits per heavy atom. The summed E-state index contributed by atoms with van der Waals surface area (Å²) in [5.41, 5.74) is 4.08. The van der Waals surface area contributed by atoms with Crippen LogP contribution in [0.25, 0.3) is 0 Å². The highest BCUT2D eigenvalue weighted by molar-refractivity contribution is 9.11. The molecule has 0 bridgehead atoms. The van der Waals surface area contributed by atoms with Crippen molar-refractivity contribution in [2.24, 2.45) is 0 Å². The van der Waals surface area contributed by atoms with E-state index in [0.29, 0.717) is 11.0 Å². The predicted molar refractivity (Wildman–Crippen MR) is 125 cm³/mol. The minimum atomic E-state index is -0.644. The van der Waals surface area contributed by atoms with Gasteiger partial charge in [-0.05, 0) is 35.4 Å². The molecular weight excluding hydrogens is 456 g/mol. The van der Waals surface area contributed by atoms with E-state index in [4.69, 9.17) is 0 Å². The Balaban J connectivity index is 1.79. The second-order valence-corrected chi connectivity index (χ2v) is 8.95. The molecule has 2 aromatic rings. The maximum Gasteiger partial charge on any atom is 0.318 e. The van der Waals surface area contributed by atoms with Gasteiger partial charge in [-0.2, -0.15) is 0 Å². The van der Waals surface area contributed by atoms with Gasteiger partial charge in [-0.25, -0.2) is 0 Å². The van der Waals surface area contributed by atoms with Gasteiger partial charge in [0.2, 0.25) is 0 Å². The fourth-order valence-electron chi connectivity index (χ4n) is 4.11. The highest BCUT2D eigenvalue weighted by Gasteiger charge is 2.39. The van der Waals surface area contributed by atoms with Crippen LogP contribution in [0, 0.1) is 10.1 Å². The zero-order valence-corrected chi connectivity index (χ0v) is 18.8. The number of hydrogen-bond donors (Lipinski definition) is 0. The molecule has 0 unspecified atom stereocenters. The molecule has 4 rings (SSSR count). The Kier molecular flexibility index (Phi) is 5.50. The van der Waals surface area contributed by atoms with Gasteiger partial charge in [0.25, 0.3) is 5.78 Å². The molecule has 1 heterocycles. The summed E-state index contributed by atoms with van der Waals surface area (Å²) in [6.45, 7) is 4.99. The molecule has 6 heteroatoms.